The van der Waals surface area contributed by atoms with Gasteiger partial charge >= 0.3 is 0 Å². The van der Waals surface area contributed by atoms with Crippen molar-refractivity contribution in [2.75, 3.05) is 38.2 Å². The first-order valence-electron chi connectivity index (χ1n) is 10.3. The van der Waals surface area contributed by atoms with Gasteiger partial charge in [-0.05, 0) is 52.3 Å². The van der Waals surface area contributed by atoms with Crippen LogP contribution in [0.2, 0.25) is 0 Å². The first-order valence-corrected chi connectivity index (χ1v) is 11.1. The Balaban J connectivity index is 1.38. The summed E-state index contributed by atoms with van der Waals surface area (Å²) in [4.78, 5) is 22.1. The van der Waals surface area contributed by atoms with Gasteiger partial charge in [0.25, 0.3) is 0 Å². The third-order valence-corrected chi connectivity index (χ3v) is 6.19. The molecule has 1 aromatic carbocycles. The number of imidazole rings is 1. The molecule has 0 spiro atoms. The first-order chi connectivity index (χ1) is 15.2. The molecular weight excluding hydrogens is 456 g/mol. The van der Waals surface area contributed by atoms with E-state index >= 15 is 0 Å². The third-order valence-electron chi connectivity index (χ3n) is 5.61. The molecule has 4 aromatic rings. The van der Waals surface area contributed by atoms with Gasteiger partial charge in [0.1, 0.15) is 17.1 Å². The number of benzene rings is 1. The van der Waals surface area contributed by atoms with Gasteiger partial charge in [0.05, 0.1) is 23.0 Å². The normalized spacial score (nSPS) is 14.8. The maximum Gasteiger partial charge on any atom is 0.159 e. The zero-order chi connectivity index (χ0) is 21.2. The average molecular weight is 479 g/mol. The smallest absolute Gasteiger partial charge is 0.159 e. The number of halogens is 1. The molecule has 0 saturated carbocycles. The van der Waals surface area contributed by atoms with Gasteiger partial charge in [-0.2, -0.15) is 0 Å². The minimum Gasteiger partial charge on any atom is -0.497 e. The van der Waals surface area contributed by atoms with Crippen molar-refractivity contribution in [3.8, 4) is 17.1 Å². The van der Waals surface area contributed by atoms with E-state index in [-0.39, 0.29) is 0 Å². The van der Waals surface area contributed by atoms with E-state index < -0.39 is 0 Å². The number of rotatable bonds is 5. The van der Waals surface area contributed by atoms with Crippen LogP contribution in [0.5, 0.6) is 5.75 Å². The number of nitrogens with one attached hydrogen (secondary N) is 1. The Hall–Kier alpha value is -2.97. The maximum atomic E-state index is 5.26. The van der Waals surface area contributed by atoms with Gasteiger partial charge in [-0.15, -0.1) is 0 Å². The lowest BCUT2D eigenvalue weighted by Gasteiger charge is -2.36. The summed E-state index contributed by atoms with van der Waals surface area (Å²) < 4.78 is 6.22. The lowest BCUT2D eigenvalue weighted by Crippen LogP contribution is -2.46. The fourth-order valence-corrected chi connectivity index (χ4v) is 4.50. The summed E-state index contributed by atoms with van der Waals surface area (Å²) in [6.07, 6.45) is 3.71. The molecule has 0 unspecified atom stereocenters. The Kier molecular flexibility index (Phi) is 5.57. The van der Waals surface area contributed by atoms with E-state index in [0.717, 1.165) is 76.9 Å². The molecule has 4 heterocycles. The standard InChI is InChI=1S/C23H23BrN6O/c1-31-18-7-5-16(6-8-18)22-27-20-21(19(24)14-26-23(20)28-22)30-12-10-29(11-13-30)15-17-4-2-3-9-25-17/h2-9,14H,10-13,15H2,1H3,(H,26,27,28). The molecule has 0 radical (unpaired) electrons. The van der Waals surface area contributed by atoms with Crippen LogP contribution in [0, 0.1) is 0 Å². The van der Waals surface area contributed by atoms with Crippen molar-refractivity contribution < 1.29 is 4.74 Å². The number of pyridine rings is 2. The van der Waals surface area contributed by atoms with Crippen LogP contribution >= 0.6 is 15.9 Å². The number of hydrogen-bond donors (Lipinski definition) is 1. The van der Waals surface area contributed by atoms with Crippen molar-refractivity contribution >= 4 is 32.8 Å². The Labute approximate surface area is 189 Å². The van der Waals surface area contributed by atoms with Crippen LogP contribution < -0.4 is 9.64 Å². The van der Waals surface area contributed by atoms with Crippen molar-refractivity contribution in [3.05, 3.63) is 65.0 Å². The minimum absolute atomic E-state index is 0.792. The number of fused-ring (bicyclic) bond motifs is 1. The molecule has 0 bridgehead atoms. The maximum absolute atomic E-state index is 5.26. The molecule has 1 fully saturated rings. The number of methoxy groups -OCH3 is 1. The molecule has 1 aliphatic rings. The topological polar surface area (TPSA) is 70.2 Å². The van der Waals surface area contributed by atoms with Crippen LogP contribution in [0.15, 0.2) is 59.3 Å². The molecule has 31 heavy (non-hydrogen) atoms. The van der Waals surface area contributed by atoms with Gasteiger partial charge in [0.15, 0.2) is 5.65 Å². The highest BCUT2D eigenvalue weighted by Crippen LogP contribution is 2.34. The van der Waals surface area contributed by atoms with E-state index in [9.17, 15) is 0 Å². The number of ether oxygens (including phenoxy) is 1. The average Bonchev–Trinajstić information content (AvgIpc) is 3.25. The number of anilines is 1. The van der Waals surface area contributed by atoms with Crippen molar-refractivity contribution in [1.82, 2.24) is 24.8 Å². The summed E-state index contributed by atoms with van der Waals surface area (Å²) in [5.74, 6) is 1.63. The Morgan fingerprint density at radius 2 is 1.84 bits per heavy atom. The predicted octanol–water partition coefficient (Wildman–Crippen LogP) is 4.11. The van der Waals surface area contributed by atoms with E-state index in [1.54, 1.807) is 7.11 Å². The number of hydrogen-bond acceptors (Lipinski definition) is 6. The van der Waals surface area contributed by atoms with E-state index in [1.165, 1.54) is 0 Å². The fourth-order valence-electron chi connectivity index (χ4n) is 3.95. The van der Waals surface area contributed by atoms with E-state index in [2.05, 4.69) is 46.7 Å². The Morgan fingerprint density at radius 1 is 1.03 bits per heavy atom. The molecule has 5 rings (SSSR count). The summed E-state index contributed by atoms with van der Waals surface area (Å²) in [5.41, 5.74) is 4.89. The van der Waals surface area contributed by atoms with Crippen LogP contribution in [-0.2, 0) is 6.54 Å². The second kappa shape index (κ2) is 8.64. The first kappa shape index (κ1) is 20.0. The molecule has 7 nitrogen and oxygen atoms in total. The zero-order valence-electron chi connectivity index (χ0n) is 17.3. The molecule has 0 amide bonds. The number of nitrogens with zero attached hydrogens (tertiary/aromatic N) is 5. The van der Waals surface area contributed by atoms with Crippen molar-refractivity contribution in [1.29, 1.82) is 0 Å². The molecule has 8 heteroatoms. The van der Waals surface area contributed by atoms with Crippen molar-refractivity contribution in [2.24, 2.45) is 0 Å². The third kappa shape index (κ3) is 4.13. The molecule has 1 saturated heterocycles. The molecule has 0 aliphatic carbocycles. The minimum atomic E-state index is 0.792. The molecule has 158 valence electrons. The summed E-state index contributed by atoms with van der Waals surface area (Å²) in [7, 11) is 1.67. The van der Waals surface area contributed by atoms with Gasteiger partial charge in [-0.25, -0.2) is 9.97 Å². The van der Waals surface area contributed by atoms with Crippen molar-refractivity contribution in [2.45, 2.75) is 6.54 Å². The molecule has 3 aromatic heterocycles. The summed E-state index contributed by atoms with van der Waals surface area (Å²) >= 11 is 3.71. The lowest BCUT2D eigenvalue weighted by molar-refractivity contribution is 0.247. The highest BCUT2D eigenvalue weighted by Gasteiger charge is 2.23. The SMILES string of the molecule is COc1ccc(-c2nc3c(N4CCN(Cc5ccccn5)CC4)c(Br)cnc3[nH]2)cc1. The van der Waals surface area contributed by atoms with Gasteiger partial charge < -0.3 is 14.6 Å². The van der Waals surface area contributed by atoms with Crippen LogP contribution in [-0.4, -0.2) is 58.1 Å². The number of H-pyrrole nitrogens is 1. The largest absolute Gasteiger partial charge is 0.497 e. The Bertz CT molecular complexity index is 1170. The fraction of sp³-hybridized carbons (Fsp3) is 0.261. The van der Waals surface area contributed by atoms with E-state index in [0.29, 0.717) is 0 Å². The van der Waals surface area contributed by atoms with Crippen LogP contribution in [0.3, 0.4) is 0 Å². The van der Waals surface area contributed by atoms with E-state index in [1.807, 2.05) is 48.8 Å². The van der Waals surface area contributed by atoms with Crippen LogP contribution in [0.1, 0.15) is 5.69 Å². The number of aromatic amines is 1. The van der Waals surface area contributed by atoms with Crippen LogP contribution in [0.4, 0.5) is 5.69 Å². The lowest BCUT2D eigenvalue weighted by atomic mass is 10.2. The van der Waals surface area contributed by atoms with E-state index in [4.69, 9.17) is 9.72 Å². The second-order valence-corrected chi connectivity index (χ2v) is 8.40. The molecule has 0 atom stereocenters. The molecular formula is C23H23BrN6O. The number of aromatic nitrogens is 4. The molecule has 1 N–H and O–H groups in total. The van der Waals surface area contributed by atoms with Gasteiger partial charge in [-0.1, -0.05) is 6.07 Å². The second-order valence-electron chi connectivity index (χ2n) is 7.55. The Morgan fingerprint density at radius 3 is 2.55 bits per heavy atom. The summed E-state index contributed by atoms with van der Waals surface area (Å²) in [6.45, 7) is 4.68. The highest BCUT2D eigenvalue weighted by molar-refractivity contribution is 9.10. The quantitative estimate of drug-likeness (QED) is 0.465. The monoisotopic (exact) mass is 478 g/mol. The van der Waals surface area contributed by atoms with Gasteiger partial charge in [0, 0.05) is 50.7 Å². The highest BCUT2D eigenvalue weighted by atomic mass is 79.9. The molecule has 1 aliphatic heterocycles. The van der Waals surface area contributed by atoms with Gasteiger partial charge in [-0.3, -0.25) is 9.88 Å². The number of piperazine rings is 1. The summed E-state index contributed by atoms with van der Waals surface area (Å²) in [6, 6.07) is 14.0. The van der Waals surface area contributed by atoms with Crippen molar-refractivity contribution in [3.63, 3.8) is 0 Å². The van der Waals surface area contributed by atoms with Gasteiger partial charge in [0.2, 0.25) is 0 Å². The summed E-state index contributed by atoms with van der Waals surface area (Å²) in [5, 5.41) is 0. The zero-order valence-corrected chi connectivity index (χ0v) is 18.8. The predicted molar refractivity (Wildman–Crippen MR) is 125 cm³/mol. The van der Waals surface area contributed by atoms with Crippen LogP contribution in [0.25, 0.3) is 22.6 Å².